The molecule has 15 heteroatoms. The van der Waals surface area contributed by atoms with E-state index in [2.05, 4.69) is 4.74 Å². The van der Waals surface area contributed by atoms with E-state index >= 15 is 0 Å². The number of carbonyl (C=O) groups is 1. The third-order valence-corrected chi connectivity index (χ3v) is 4.62. The molecule has 0 aliphatic carbocycles. The van der Waals surface area contributed by atoms with Crippen LogP contribution in [0.1, 0.15) is 27.0 Å². The number of hydrogen-bond acceptors (Lipinski definition) is 4. The second-order valence-corrected chi connectivity index (χ2v) is 7.28. The van der Waals surface area contributed by atoms with Gasteiger partial charge in [0.2, 0.25) is 0 Å². The zero-order valence-corrected chi connectivity index (χ0v) is 15.3. The van der Waals surface area contributed by atoms with E-state index in [9.17, 15) is 39.6 Å². The first kappa shape index (κ1) is 25.4. The van der Waals surface area contributed by atoms with Gasteiger partial charge >= 0.3 is 23.9 Å². The molecule has 1 N–H and O–H groups in total. The van der Waals surface area contributed by atoms with E-state index in [1.807, 2.05) is 0 Å². The number of benzene rings is 1. The summed E-state index contributed by atoms with van der Waals surface area (Å²) in [6, 6.07) is 2.20. The maximum Gasteiger partial charge on any atom is 0.438 e. The summed E-state index contributed by atoms with van der Waals surface area (Å²) in [6.45, 7) is 0. The first-order valence-electron chi connectivity index (χ1n) is 7.59. The molecule has 6 radical (unpaired) electrons. The standard InChI is InChI=1S/C14H11B3F6O5S/c15-3-7-1-8(4-16)10(5-17)9(2-7)11(24)28-12(13(18,19)20,14(21,22)23)6-29(25,26)27/h1-2H,3-6H2,(H,25,26,27). The van der Waals surface area contributed by atoms with Crippen LogP contribution < -0.4 is 0 Å². The summed E-state index contributed by atoms with van der Waals surface area (Å²) >= 11 is 0. The van der Waals surface area contributed by atoms with E-state index in [4.69, 9.17) is 28.1 Å². The summed E-state index contributed by atoms with van der Waals surface area (Å²) in [6.07, 6.45) is -13.9. The molecule has 154 valence electrons. The van der Waals surface area contributed by atoms with Crippen molar-refractivity contribution in [3.63, 3.8) is 0 Å². The zero-order valence-electron chi connectivity index (χ0n) is 14.5. The molecular weight excluding hydrogens is 427 g/mol. The van der Waals surface area contributed by atoms with Crippen LogP contribution in [0.3, 0.4) is 0 Å². The molecule has 0 bridgehead atoms. The minimum Gasteiger partial charge on any atom is -0.435 e. The molecule has 1 aromatic rings. The fraction of sp³-hybridized carbons (Fsp3) is 0.500. The van der Waals surface area contributed by atoms with Crippen molar-refractivity contribution in [3.8, 4) is 0 Å². The van der Waals surface area contributed by atoms with Gasteiger partial charge in [0.05, 0.1) is 29.1 Å². The van der Waals surface area contributed by atoms with E-state index in [0.717, 1.165) is 6.07 Å². The Morgan fingerprint density at radius 1 is 0.966 bits per heavy atom. The third-order valence-electron chi connectivity index (χ3n) is 3.85. The van der Waals surface area contributed by atoms with Gasteiger partial charge in [-0.1, -0.05) is 36.2 Å². The van der Waals surface area contributed by atoms with E-state index in [1.165, 1.54) is 6.07 Å². The zero-order chi connectivity index (χ0) is 22.8. The highest BCUT2D eigenvalue weighted by Crippen LogP contribution is 2.47. The minimum atomic E-state index is -6.44. The second kappa shape index (κ2) is 8.62. The Balaban J connectivity index is 3.69. The molecule has 0 aromatic heterocycles. The molecule has 0 saturated carbocycles. The summed E-state index contributed by atoms with van der Waals surface area (Å²) < 4.78 is 114. The van der Waals surface area contributed by atoms with Crippen molar-refractivity contribution in [3.05, 3.63) is 34.4 Å². The lowest BCUT2D eigenvalue weighted by molar-refractivity contribution is -0.356. The van der Waals surface area contributed by atoms with Gasteiger partial charge in [0.15, 0.2) is 0 Å². The van der Waals surface area contributed by atoms with Crippen LogP contribution in [0.5, 0.6) is 0 Å². The summed E-state index contributed by atoms with van der Waals surface area (Å²) in [4.78, 5) is 12.3. The van der Waals surface area contributed by atoms with Crippen molar-refractivity contribution in [1.82, 2.24) is 0 Å². The van der Waals surface area contributed by atoms with Crippen LogP contribution in [0, 0.1) is 0 Å². The number of esters is 1. The van der Waals surface area contributed by atoms with E-state index in [0.29, 0.717) is 0 Å². The van der Waals surface area contributed by atoms with Crippen molar-refractivity contribution in [2.45, 2.75) is 36.9 Å². The van der Waals surface area contributed by atoms with Gasteiger partial charge in [-0.25, -0.2) is 4.79 Å². The number of hydrogen-bond donors (Lipinski definition) is 1. The molecule has 0 aliphatic rings. The van der Waals surface area contributed by atoms with Gasteiger partial charge in [-0.2, -0.15) is 34.8 Å². The van der Waals surface area contributed by atoms with Gasteiger partial charge in [0.1, 0.15) is 5.75 Å². The highest BCUT2D eigenvalue weighted by Gasteiger charge is 2.76. The van der Waals surface area contributed by atoms with E-state index in [-0.39, 0.29) is 29.3 Å². The van der Waals surface area contributed by atoms with E-state index in [1.54, 1.807) is 0 Å². The SMILES string of the molecule is [B]Cc1cc(C[B])c(C[B])c(C(=O)OC(CS(=O)(=O)O)(C(F)(F)F)C(F)(F)F)c1. The van der Waals surface area contributed by atoms with Crippen LogP contribution in [0.4, 0.5) is 26.3 Å². The summed E-state index contributed by atoms with van der Waals surface area (Å²) in [5, 5.41) is 0. The maximum atomic E-state index is 13.3. The minimum absolute atomic E-state index is 0.113. The fourth-order valence-electron chi connectivity index (χ4n) is 2.46. The molecule has 1 aromatic carbocycles. The van der Waals surface area contributed by atoms with Gasteiger partial charge in [-0.3, -0.25) is 4.55 Å². The predicted molar refractivity (Wildman–Crippen MR) is 91.5 cm³/mol. The number of ether oxygens (including phenoxy) is 1. The Morgan fingerprint density at radius 3 is 1.83 bits per heavy atom. The van der Waals surface area contributed by atoms with Crippen molar-refractivity contribution < 1.29 is 48.8 Å². The molecule has 5 nitrogen and oxygen atoms in total. The van der Waals surface area contributed by atoms with Crippen molar-refractivity contribution in [1.29, 1.82) is 0 Å². The Hall–Kier alpha value is -1.63. The van der Waals surface area contributed by atoms with Crippen LogP contribution in [-0.2, 0) is 33.8 Å². The largest absolute Gasteiger partial charge is 0.438 e. The van der Waals surface area contributed by atoms with E-state index < -0.39 is 51.7 Å². The Bertz CT molecular complexity index is 856. The number of rotatable bonds is 7. The van der Waals surface area contributed by atoms with Gasteiger partial charge in [-0.15, -0.1) is 0 Å². The van der Waals surface area contributed by atoms with Crippen LogP contribution in [0.25, 0.3) is 0 Å². The lowest BCUT2D eigenvalue weighted by Crippen LogP contribution is -2.63. The maximum absolute atomic E-state index is 13.3. The quantitative estimate of drug-likeness (QED) is 0.303. The summed E-state index contributed by atoms with van der Waals surface area (Å²) in [5.41, 5.74) is -6.31. The Kier molecular flexibility index (Phi) is 7.56. The monoisotopic (exact) mass is 438 g/mol. The normalized spacial score (nSPS) is 13.3. The van der Waals surface area contributed by atoms with Crippen LogP contribution in [0.2, 0.25) is 0 Å². The highest BCUT2D eigenvalue weighted by molar-refractivity contribution is 7.85. The molecule has 1 rings (SSSR count). The first-order chi connectivity index (χ1) is 13.0. The summed E-state index contributed by atoms with van der Waals surface area (Å²) in [5.74, 6) is -5.16. The highest BCUT2D eigenvalue weighted by atomic mass is 32.2. The topological polar surface area (TPSA) is 80.7 Å². The molecule has 0 spiro atoms. The summed E-state index contributed by atoms with van der Waals surface area (Å²) in [7, 11) is 10.4. The molecule has 0 fully saturated rings. The van der Waals surface area contributed by atoms with Crippen molar-refractivity contribution in [2.75, 3.05) is 5.75 Å². The third kappa shape index (κ3) is 5.50. The van der Waals surface area contributed by atoms with Crippen molar-refractivity contribution in [2.24, 2.45) is 0 Å². The molecule has 0 heterocycles. The lowest BCUT2D eigenvalue weighted by atomic mass is 9.81. The Labute approximate surface area is 166 Å². The van der Waals surface area contributed by atoms with Crippen LogP contribution >= 0.6 is 0 Å². The van der Waals surface area contributed by atoms with Gasteiger partial charge < -0.3 is 4.74 Å². The average molecular weight is 438 g/mol. The Morgan fingerprint density at radius 2 is 1.48 bits per heavy atom. The van der Waals surface area contributed by atoms with Gasteiger partial charge in [0.25, 0.3) is 10.1 Å². The number of alkyl halides is 6. The molecule has 0 aliphatic heterocycles. The molecular formula is C14H11B3F6O5S. The molecule has 0 saturated heterocycles. The predicted octanol–water partition coefficient (Wildman–Crippen LogP) is 1.60. The first-order valence-corrected chi connectivity index (χ1v) is 9.20. The van der Waals surface area contributed by atoms with Crippen molar-refractivity contribution >= 4 is 39.6 Å². The molecule has 0 atom stereocenters. The molecule has 29 heavy (non-hydrogen) atoms. The fourth-order valence-corrected chi connectivity index (χ4v) is 3.36. The van der Waals surface area contributed by atoms with Gasteiger partial charge in [0, 0.05) is 0 Å². The van der Waals surface area contributed by atoms with Crippen LogP contribution in [-0.4, -0.2) is 66.2 Å². The smallest absolute Gasteiger partial charge is 0.435 e. The lowest BCUT2D eigenvalue weighted by Gasteiger charge is -2.35. The molecule has 0 unspecified atom stereocenters. The second-order valence-electron chi connectivity index (χ2n) is 5.83. The molecule has 0 amide bonds. The van der Waals surface area contributed by atoms with Gasteiger partial charge in [-0.05, 0) is 11.6 Å². The van der Waals surface area contributed by atoms with Crippen LogP contribution in [0.15, 0.2) is 12.1 Å². The number of carbonyl (C=O) groups excluding carboxylic acids is 1. The number of halogens is 6. The average Bonchev–Trinajstić information content (AvgIpc) is 2.56.